The summed E-state index contributed by atoms with van der Waals surface area (Å²) in [6.07, 6.45) is 0.0514. The van der Waals surface area contributed by atoms with Crippen molar-refractivity contribution in [3.8, 4) is 23.0 Å². The van der Waals surface area contributed by atoms with Crippen LogP contribution in [0.1, 0.15) is 29.2 Å². The van der Waals surface area contributed by atoms with Crippen LogP contribution in [-0.4, -0.2) is 63.5 Å². The fourth-order valence-electron chi connectivity index (χ4n) is 3.88. The number of benzene rings is 2. The molecule has 1 N–H and O–H groups in total. The third kappa shape index (κ3) is 5.63. The topological polar surface area (TPSA) is 86.7 Å². The molecule has 1 heterocycles. The van der Waals surface area contributed by atoms with Gasteiger partial charge in [0.1, 0.15) is 12.4 Å². The highest BCUT2D eigenvalue weighted by Crippen LogP contribution is 2.40. The molecule has 174 valence electrons. The lowest BCUT2D eigenvalue weighted by molar-refractivity contribution is -0.137. The highest BCUT2D eigenvalue weighted by atomic mass is 16.5. The van der Waals surface area contributed by atoms with Gasteiger partial charge in [-0.05, 0) is 42.3 Å². The predicted octanol–water partition coefficient (Wildman–Crippen LogP) is 3.45. The molecule has 1 unspecified atom stereocenters. The minimum Gasteiger partial charge on any atom is -0.493 e. The molecule has 0 aliphatic carbocycles. The van der Waals surface area contributed by atoms with Crippen molar-refractivity contribution >= 4 is 5.97 Å². The second kappa shape index (κ2) is 11.1. The van der Waals surface area contributed by atoms with Gasteiger partial charge in [-0.25, -0.2) is 0 Å². The molecule has 2 aromatic rings. The first-order valence-corrected chi connectivity index (χ1v) is 10.5. The van der Waals surface area contributed by atoms with E-state index in [1.54, 1.807) is 21.3 Å². The van der Waals surface area contributed by atoms with Gasteiger partial charge in [0.2, 0.25) is 5.75 Å². The van der Waals surface area contributed by atoms with Crippen LogP contribution in [-0.2, 0) is 16.1 Å². The summed E-state index contributed by atoms with van der Waals surface area (Å²) in [7, 11) is 4.74. The van der Waals surface area contributed by atoms with E-state index >= 15 is 0 Å². The van der Waals surface area contributed by atoms with E-state index in [-0.39, 0.29) is 12.5 Å². The number of carboxylic acids is 1. The number of aliphatic carboxylic acids is 1. The Labute approximate surface area is 188 Å². The molecule has 1 aliphatic rings. The molecule has 8 nitrogen and oxygen atoms in total. The zero-order chi connectivity index (χ0) is 23.1. The van der Waals surface area contributed by atoms with E-state index in [9.17, 15) is 4.79 Å². The van der Waals surface area contributed by atoms with Crippen LogP contribution in [0.15, 0.2) is 30.3 Å². The van der Waals surface area contributed by atoms with Crippen LogP contribution in [0.4, 0.5) is 0 Å². The van der Waals surface area contributed by atoms with Gasteiger partial charge >= 0.3 is 5.97 Å². The highest BCUT2D eigenvalue weighted by Gasteiger charge is 2.24. The summed E-state index contributed by atoms with van der Waals surface area (Å²) >= 11 is 0. The van der Waals surface area contributed by atoms with Crippen molar-refractivity contribution in [1.29, 1.82) is 0 Å². The number of methoxy groups -OCH3 is 3. The number of ether oxygens (including phenoxy) is 5. The van der Waals surface area contributed by atoms with Gasteiger partial charge in [0.25, 0.3) is 0 Å². The van der Waals surface area contributed by atoms with Gasteiger partial charge in [0.05, 0.1) is 40.5 Å². The van der Waals surface area contributed by atoms with Crippen LogP contribution in [0.5, 0.6) is 23.0 Å². The first-order chi connectivity index (χ1) is 15.5. The zero-order valence-electron chi connectivity index (χ0n) is 19.1. The molecule has 0 aromatic heterocycles. The van der Waals surface area contributed by atoms with Gasteiger partial charge in [0.15, 0.2) is 11.5 Å². The van der Waals surface area contributed by atoms with E-state index in [1.807, 2.05) is 37.3 Å². The number of morpholine rings is 1. The Morgan fingerprint density at radius 3 is 2.56 bits per heavy atom. The van der Waals surface area contributed by atoms with Crippen molar-refractivity contribution in [1.82, 2.24) is 4.90 Å². The number of carbonyl (C=O) groups is 1. The van der Waals surface area contributed by atoms with Crippen molar-refractivity contribution in [2.45, 2.75) is 26.1 Å². The minimum atomic E-state index is -0.781. The third-order valence-electron chi connectivity index (χ3n) is 5.56. The molecule has 1 atom stereocenters. The number of carboxylic acid groups (broad SMARTS) is 1. The summed E-state index contributed by atoms with van der Waals surface area (Å²) in [5, 5.41) is 8.93. The molecule has 0 bridgehead atoms. The molecule has 1 saturated heterocycles. The first kappa shape index (κ1) is 23.7. The van der Waals surface area contributed by atoms with E-state index in [1.165, 1.54) is 0 Å². The molecule has 0 radical (unpaired) electrons. The van der Waals surface area contributed by atoms with E-state index in [2.05, 4.69) is 4.90 Å². The number of aryl methyl sites for hydroxylation is 1. The van der Waals surface area contributed by atoms with Gasteiger partial charge in [-0.3, -0.25) is 9.69 Å². The summed E-state index contributed by atoms with van der Waals surface area (Å²) in [5.74, 6) is 1.67. The average Bonchev–Trinajstić information content (AvgIpc) is 2.80. The molecule has 2 aromatic carbocycles. The molecular weight excluding hydrogens is 414 g/mol. The quantitative estimate of drug-likeness (QED) is 0.595. The third-order valence-corrected chi connectivity index (χ3v) is 5.56. The first-order valence-electron chi connectivity index (χ1n) is 10.5. The van der Waals surface area contributed by atoms with Crippen molar-refractivity contribution in [2.24, 2.45) is 0 Å². The molecule has 32 heavy (non-hydrogen) atoms. The lowest BCUT2D eigenvalue weighted by Gasteiger charge is -2.33. The van der Waals surface area contributed by atoms with Crippen molar-refractivity contribution in [3.05, 3.63) is 47.0 Å². The van der Waals surface area contributed by atoms with Crippen LogP contribution in [0.25, 0.3) is 0 Å². The number of nitrogens with zero attached hydrogens (tertiary/aromatic N) is 1. The van der Waals surface area contributed by atoms with E-state index in [4.69, 9.17) is 28.8 Å². The van der Waals surface area contributed by atoms with Crippen LogP contribution in [0.2, 0.25) is 0 Å². The summed E-state index contributed by atoms with van der Waals surface area (Å²) in [5.41, 5.74) is 2.99. The Balaban J connectivity index is 1.68. The van der Waals surface area contributed by atoms with Crippen LogP contribution in [0, 0.1) is 6.92 Å². The molecular formula is C24H31NO7. The monoisotopic (exact) mass is 445 g/mol. The molecule has 0 spiro atoms. The standard InChI is InChI=1S/C24H31NO7/c1-16-13-18(32-15-17-5-8-20(28-2)24(30-4)23(17)29-3)6-7-19(16)21-14-25(11-12-31-21)10-9-22(26)27/h5-8,13,21H,9-12,14-15H2,1-4H3,(H,26,27). The van der Waals surface area contributed by atoms with Crippen molar-refractivity contribution in [3.63, 3.8) is 0 Å². The normalized spacial score (nSPS) is 16.4. The Bertz CT molecular complexity index is 931. The van der Waals surface area contributed by atoms with Gasteiger partial charge < -0.3 is 28.8 Å². The Morgan fingerprint density at radius 1 is 1.12 bits per heavy atom. The van der Waals surface area contributed by atoms with Gasteiger partial charge in [-0.1, -0.05) is 6.07 Å². The SMILES string of the molecule is COc1ccc(COc2ccc(C3CN(CCC(=O)O)CCO3)c(C)c2)c(OC)c1OC. The fraction of sp³-hybridized carbons (Fsp3) is 0.458. The van der Waals surface area contributed by atoms with E-state index in [0.717, 1.165) is 29.0 Å². The fourth-order valence-corrected chi connectivity index (χ4v) is 3.88. The van der Waals surface area contributed by atoms with Crippen LogP contribution in [0.3, 0.4) is 0 Å². The molecule has 0 amide bonds. The van der Waals surface area contributed by atoms with Crippen molar-refractivity contribution < 1.29 is 33.6 Å². The van der Waals surface area contributed by atoms with Crippen LogP contribution < -0.4 is 18.9 Å². The predicted molar refractivity (Wildman–Crippen MR) is 119 cm³/mol. The average molecular weight is 446 g/mol. The van der Waals surface area contributed by atoms with Gasteiger partial charge in [-0.15, -0.1) is 0 Å². The Morgan fingerprint density at radius 2 is 1.91 bits per heavy atom. The maximum atomic E-state index is 10.9. The van der Waals surface area contributed by atoms with E-state index in [0.29, 0.717) is 43.6 Å². The summed E-state index contributed by atoms with van der Waals surface area (Å²) < 4.78 is 28.3. The second-order valence-corrected chi connectivity index (χ2v) is 7.60. The number of rotatable bonds is 10. The van der Waals surface area contributed by atoms with Crippen LogP contribution >= 0.6 is 0 Å². The minimum absolute atomic E-state index is 0.0856. The largest absolute Gasteiger partial charge is 0.493 e. The molecule has 0 saturated carbocycles. The Hall–Kier alpha value is -2.97. The van der Waals surface area contributed by atoms with Gasteiger partial charge in [-0.2, -0.15) is 0 Å². The van der Waals surface area contributed by atoms with Crippen molar-refractivity contribution in [2.75, 3.05) is 47.6 Å². The Kier molecular flexibility index (Phi) is 8.19. The maximum Gasteiger partial charge on any atom is 0.304 e. The lowest BCUT2D eigenvalue weighted by Crippen LogP contribution is -2.39. The number of hydrogen-bond donors (Lipinski definition) is 1. The molecule has 1 fully saturated rings. The summed E-state index contributed by atoms with van der Waals surface area (Å²) in [6, 6.07) is 9.65. The summed E-state index contributed by atoms with van der Waals surface area (Å²) in [6.45, 7) is 4.88. The van der Waals surface area contributed by atoms with Gasteiger partial charge in [0, 0.05) is 25.2 Å². The molecule has 8 heteroatoms. The maximum absolute atomic E-state index is 10.9. The smallest absolute Gasteiger partial charge is 0.304 e. The zero-order valence-corrected chi connectivity index (χ0v) is 19.1. The number of hydrogen-bond acceptors (Lipinski definition) is 7. The molecule has 1 aliphatic heterocycles. The lowest BCUT2D eigenvalue weighted by atomic mass is 10.0. The van der Waals surface area contributed by atoms with E-state index < -0.39 is 5.97 Å². The molecule has 3 rings (SSSR count). The summed E-state index contributed by atoms with van der Waals surface area (Å²) in [4.78, 5) is 13.0. The second-order valence-electron chi connectivity index (χ2n) is 7.60. The highest BCUT2D eigenvalue weighted by molar-refractivity contribution is 5.66.